The van der Waals surface area contributed by atoms with Crippen molar-refractivity contribution in [2.45, 2.75) is 52.0 Å². The molecule has 1 atom stereocenters. The molecule has 1 unspecified atom stereocenters. The summed E-state index contributed by atoms with van der Waals surface area (Å²) < 4.78 is 5.83. The van der Waals surface area contributed by atoms with Gasteiger partial charge in [-0.3, -0.25) is 9.59 Å². The quantitative estimate of drug-likeness (QED) is 0.575. The number of amides is 1. The van der Waals surface area contributed by atoms with E-state index in [0.717, 1.165) is 29.4 Å². The molecule has 6 nitrogen and oxygen atoms in total. The first-order valence-electron chi connectivity index (χ1n) is 9.74. The minimum Gasteiger partial charge on any atom is -0.493 e. The molecule has 3 N–H and O–H groups in total. The third-order valence-electron chi connectivity index (χ3n) is 4.00. The average molecular weight is 389 g/mol. The van der Waals surface area contributed by atoms with Gasteiger partial charge in [0.15, 0.2) is 0 Å². The molecule has 0 aliphatic rings. The molecule has 6 heteroatoms. The average Bonchev–Trinajstić information content (AvgIpc) is 2.68. The number of ether oxygens (including phenoxy) is 1. The molecule has 0 radical (unpaired) electrons. The van der Waals surface area contributed by atoms with E-state index in [2.05, 4.69) is 5.32 Å². The highest BCUT2D eigenvalue weighted by Gasteiger charge is 2.11. The van der Waals surface area contributed by atoms with Gasteiger partial charge in [0.1, 0.15) is 5.75 Å². The molecular formula is C22H31NO5. The lowest BCUT2D eigenvalue weighted by atomic mass is 10.1. The Hall–Kier alpha value is -2.60. The summed E-state index contributed by atoms with van der Waals surface area (Å²) in [6.07, 6.45) is 2.89. The van der Waals surface area contributed by atoms with Gasteiger partial charge in [0.25, 0.3) is 0 Å². The van der Waals surface area contributed by atoms with Gasteiger partial charge in [-0.15, -0.1) is 0 Å². The minimum absolute atomic E-state index is 0.0216. The SMILES string of the molecule is CCCC(=O)NC(CO)CCOc1cccc2ccccc12.CCCC(=O)O. The maximum Gasteiger partial charge on any atom is 0.303 e. The van der Waals surface area contributed by atoms with Crippen LogP contribution in [0.15, 0.2) is 42.5 Å². The Morgan fingerprint density at radius 2 is 1.71 bits per heavy atom. The Labute approximate surface area is 166 Å². The highest BCUT2D eigenvalue weighted by molar-refractivity contribution is 5.88. The number of carbonyl (C=O) groups excluding carboxylic acids is 1. The molecule has 0 aliphatic carbocycles. The molecule has 0 bridgehead atoms. The van der Waals surface area contributed by atoms with Gasteiger partial charge in [0.2, 0.25) is 5.91 Å². The van der Waals surface area contributed by atoms with E-state index in [1.165, 1.54) is 0 Å². The molecule has 0 saturated heterocycles. The molecule has 28 heavy (non-hydrogen) atoms. The van der Waals surface area contributed by atoms with Gasteiger partial charge < -0.3 is 20.3 Å². The number of benzene rings is 2. The summed E-state index contributed by atoms with van der Waals surface area (Å²) in [6.45, 7) is 4.17. The number of aliphatic carboxylic acids is 1. The highest BCUT2D eigenvalue weighted by atomic mass is 16.5. The predicted octanol–water partition coefficient (Wildman–Crippen LogP) is 3.76. The molecule has 0 fully saturated rings. The monoisotopic (exact) mass is 389 g/mol. The molecule has 2 rings (SSSR count). The topological polar surface area (TPSA) is 95.9 Å². The second kappa shape index (κ2) is 13.6. The van der Waals surface area contributed by atoms with Crippen molar-refractivity contribution in [2.75, 3.05) is 13.2 Å². The second-order valence-electron chi connectivity index (χ2n) is 6.46. The van der Waals surface area contributed by atoms with Crippen molar-refractivity contribution in [3.05, 3.63) is 42.5 Å². The fourth-order valence-corrected chi connectivity index (χ4v) is 2.58. The number of hydrogen-bond donors (Lipinski definition) is 3. The van der Waals surface area contributed by atoms with E-state index < -0.39 is 5.97 Å². The summed E-state index contributed by atoms with van der Waals surface area (Å²) in [4.78, 5) is 21.2. The number of hydrogen-bond acceptors (Lipinski definition) is 4. The Bertz CT molecular complexity index is 726. The number of fused-ring (bicyclic) bond motifs is 1. The van der Waals surface area contributed by atoms with Crippen molar-refractivity contribution in [3.8, 4) is 5.75 Å². The Morgan fingerprint density at radius 1 is 1.04 bits per heavy atom. The number of aliphatic hydroxyl groups excluding tert-OH is 1. The zero-order valence-electron chi connectivity index (χ0n) is 16.7. The molecule has 0 heterocycles. The molecule has 0 saturated carbocycles. The van der Waals surface area contributed by atoms with Crippen molar-refractivity contribution < 1.29 is 24.5 Å². The number of nitrogens with one attached hydrogen (secondary N) is 1. The lowest BCUT2D eigenvalue weighted by Gasteiger charge is -2.17. The van der Waals surface area contributed by atoms with Gasteiger partial charge in [-0.05, 0) is 24.3 Å². The zero-order chi connectivity index (χ0) is 20.8. The van der Waals surface area contributed by atoms with E-state index in [1.54, 1.807) is 0 Å². The highest BCUT2D eigenvalue weighted by Crippen LogP contribution is 2.25. The van der Waals surface area contributed by atoms with E-state index in [4.69, 9.17) is 9.84 Å². The van der Waals surface area contributed by atoms with Crippen LogP contribution in [0.25, 0.3) is 10.8 Å². The summed E-state index contributed by atoms with van der Waals surface area (Å²) in [5.41, 5.74) is 0. The van der Waals surface area contributed by atoms with Crippen LogP contribution in [-0.4, -0.2) is 41.3 Å². The van der Waals surface area contributed by atoms with Crippen LogP contribution >= 0.6 is 0 Å². The van der Waals surface area contributed by atoms with Crippen molar-refractivity contribution in [1.82, 2.24) is 5.32 Å². The van der Waals surface area contributed by atoms with E-state index in [9.17, 15) is 14.7 Å². The number of aliphatic hydroxyl groups is 1. The smallest absolute Gasteiger partial charge is 0.303 e. The lowest BCUT2D eigenvalue weighted by molar-refractivity contribution is -0.137. The van der Waals surface area contributed by atoms with Crippen molar-refractivity contribution in [1.29, 1.82) is 0 Å². The van der Waals surface area contributed by atoms with E-state index in [-0.39, 0.29) is 18.6 Å². The zero-order valence-corrected chi connectivity index (χ0v) is 16.7. The molecule has 0 spiro atoms. The third kappa shape index (κ3) is 8.86. The maximum atomic E-state index is 11.6. The van der Waals surface area contributed by atoms with Gasteiger partial charge in [-0.25, -0.2) is 0 Å². The van der Waals surface area contributed by atoms with Crippen LogP contribution in [0.3, 0.4) is 0 Å². The molecule has 2 aromatic rings. The Morgan fingerprint density at radius 3 is 2.32 bits per heavy atom. The van der Waals surface area contributed by atoms with Crippen LogP contribution in [0, 0.1) is 0 Å². The molecule has 154 valence electrons. The van der Waals surface area contributed by atoms with Gasteiger partial charge in [0, 0.05) is 24.6 Å². The first-order chi connectivity index (χ1) is 13.5. The molecular weight excluding hydrogens is 358 g/mol. The Balaban J connectivity index is 0.000000568. The standard InChI is InChI=1S/C18H23NO3.C4H8O2/c1-2-6-18(21)19-15(13-20)11-12-22-17-10-5-8-14-7-3-4-9-16(14)17;1-2-3-4(5)6/h3-5,7-10,15,20H,2,6,11-13H2,1H3,(H,19,21);2-3H2,1H3,(H,5,6). The fourth-order valence-electron chi connectivity index (χ4n) is 2.58. The molecule has 0 aliphatic heterocycles. The van der Waals surface area contributed by atoms with E-state index in [0.29, 0.717) is 25.9 Å². The van der Waals surface area contributed by atoms with Crippen LogP contribution in [0.4, 0.5) is 0 Å². The predicted molar refractivity (Wildman–Crippen MR) is 111 cm³/mol. The number of carboxylic acids is 1. The third-order valence-corrected chi connectivity index (χ3v) is 4.00. The second-order valence-corrected chi connectivity index (χ2v) is 6.46. The summed E-state index contributed by atoms with van der Waals surface area (Å²) >= 11 is 0. The number of carboxylic acid groups (broad SMARTS) is 1. The van der Waals surface area contributed by atoms with E-state index >= 15 is 0 Å². The van der Waals surface area contributed by atoms with Gasteiger partial charge in [0.05, 0.1) is 19.3 Å². The van der Waals surface area contributed by atoms with Gasteiger partial charge in [-0.2, -0.15) is 0 Å². The lowest BCUT2D eigenvalue weighted by Crippen LogP contribution is -2.38. The van der Waals surface area contributed by atoms with Crippen LogP contribution in [-0.2, 0) is 9.59 Å². The normalized spacial score (nSPS) is 11.2. The molecule has 2 aromatic carbocycles. The summed E-state index contributed by atoms with van der Waals surface area (Å²) in [7, 11) is 0. The fraction of sp³-hybridized carbons (Fsp3) is 0.455. The van der Waals surface area contributed by atoms with Gasteiger partial charge >= 0.3 is 5.97 Å². The number of carbonyl (C=O) groups is 2. The minimum atomic E-state index is -0.711. The molecule has 0 aromatic heterocycles. The number of rotatable bonds is 10. The van der Waals surface area contributed by atoms with Crippen LogP contribution in [0.2, 0.25) is 0 Å². The van der Waals surface area contributed by atoms with Gasteiger partial charge in [-0.1, -0.05) is 50.2 Å². The van der Waals surface area contributed by atoms with Crippen LogP contribution < -0.4 is 10.1 Å². The van der Waals surface area contributed by atoms with Crippen molar-refractivity contribution in [3.63, 3.8) is 0 Å². The van der Waals surface area contributed by atoms with E-state index in [1.807, 2.05) is 56.3 Å². The summed E-state index contributed by atoms with van der Waals surface area (Å²) in [5, 5.41) is 22.3. The van der Waals surface area contributed by atoms with Crippen molar-refractivity contribution >= 4 is 22.6 Å². The first-order valence-corrected chi connectivity index (χ1v) is 9.74. The summed E-state index contributed by atoms with van der Waals surface area (Å²) in [5.74, 6) is 0.0962. The first kappa shape index (κ1) is 23.4. The maximum absolute atomic E-state index is 11.6. The van der Waals surface area contributed by atoms with Crippen LogP contribution in [0.1, 0.15) is 46.0 Å². The summed E-state index contributed by atoms with van der Waals surface area (Å²) in [6, 6.07) is 13.7. The van der Waals surface area contributed by atoms with Crippen molar-refractivity contribution in [2.24, 2.45) is 0 Å². The largest absolute Gasteiger partial charge is 0.493 e. The Kier molecular flexibility index (Phi) is 11.3. The molecule has 1 amide bonds. The van der Waals surface area contributed by atoms with Crippen LogP contribution in [0.5, 0.6) is 5.75 Å².